The third-order valence-electron chi connectivity index (χ3n) is 6.13. The number of aromatic nitrogens is 2. The fourth-order valence-electron chi connectivity index (χ4n) is 4.73. The van der Waals surface area contributed by atoms with Crippen LogP contribution in [0.5, 0.6) is 5.75 Å². The lowest BCUT2D eigenvalue weighted by Gasteiger charge is -2.25. The standard InChI is InChI=1S/C24H25N3O2/c1-29-19-11-5-8-17(16-19)21-14-7-15-26(21)24(28)23-20-12-6-13-22(20)27(25-23)18-9-3-2-4-10-18/h2-5,8-11,16,21H,6-7,12-15H2,1H3. The van der Waals surface area contributed by atoms with Gasteiger partial charge in [0, 0.05) is 17.8 Å². The van der Waals surface area contributed by atoms with Gasteiger partial charge in [0.2, 0.25) is 0 Å². The third kappa shape index (κ3) is 3.11. The van der Waals surface area contributed by atoms with E-state index in [0.717, 1.165) is 61.2 Å². The molecule has 1 atom stereocenters. The molecule has 29 heavy (non-hydrogen) atoms. The van der Waals surface area contributed by atoms with Crippen LogP contribution in [0, 0.1) is 0 Å². The summed E-state index contributed by atoms with van der Waals surface area (Å²) in [5.41, 5.74) is 5.12. The summed E-state index contributed by atoms with van der Waals surface area (Å²) in [6.07, 6.45) is 4.97. The largest absolute Gasteiger partial charge is 0.497 e. The molecule has 0 saturated carbocycles. The van der Waals surface area contributed by atoms with E-state index in [1.807, 2.05) is 46.0 Å². The van der Waals surface area contributed by atoms with E-state index in [9.17, 15) is 4.79 Å². The predicted octanol–water partition coefficient (Wildman–Crippen LogP) is 4.35. The zero-order chi connectivity index (χ0) is 19.8. The van der Waals surface area contributed by atoms with E-state index in [1.54, 1.807) is 7.11 Å². The summed E-state index contributed by atoms with van der Waals surface area (Å²) in [5, 5.41) is 4.81. The van der Waals surface area contributed by atoms with Crippen molar-refractivity contribution < 1.29 is 9.53 Å². The van der Waals surface area contributed by atoms with Gasteiger partial charge in [0.1, 0.15) is 5.75 Å². The fraction of sp³-hybridized carbons (Fsp3) is 0.333. The molecule has 1 aromatic heterocycles. The van der Waals surface area contributed by atoms with Crippen LogP contribution in [0.15, 0.2) is 54.6 Å². The minimum atomic E-state index is 0.0585. The molecule has 1 aliphatic carbocycles. The lowest BCUT2D eigenvalue weighted by molar-refractivity contribution is 0.0728. The quantitative estimate of drug-likeness (QED) is 0.669. The Morgan fingerprint density at radius 2 is 1.93 bits per heavy atom. The second-order valence-electron chi connectivity index (χ2n) is 7.81. The normalized spacial score (nSPS) is 18.1. The number of benzene rings is 2. The molecule has 148 valence electrons. The average Bonchev–Trinajstić information content (AvgIpc) is 3.50. The van der Waals surface area contributed by atoms with Crippen LogP contribution in [-0.4, -0.2) is 34.2 Å². The second kappa shape index (κ2) is 7.39. The van der Waals surface area contributed by atoms with E-state index < -0.39 is 0 Å². The highest BCUT2D eigenvalue weighted by molar-refractivity contribution is 5.95. The van der Waals surface area contributed by atoms with Gasteiger partial charge in [-0.05, 0) is 61.9 Å². The number of hydrogen-bond donors (Lipinski definition) is 0. The maximum absolute atomic E-state index is 13.6. The van der Waals surface area contributed by atoms with Gasteiger partial charge >= 0.3 is 0 Å². The van der Waals surface area contributed by atoms with Crippen LogP contribution >= 0.6 is 0 Å². The number of nitrogens with zero attached hydrogens (tertiary/aromatic N) is 3. The zero-order valence-corrected chi connectivity index (χ0v) is 16.7. The molecule has 0 radical (unpaired) electrons. The highest BCUT2D eigenvalue weighted by Gasteiger charge is 2.35. The van der Waals surface area contributed by atoms with E-state index in [-0.39, 0.29) is 11.9 Å². The maximum atomic E-state index is 13.6. The van der Waals surface area contributed by atoms with Crippen molar-refractivity contribution in [3.8, 4) is 11.4 Å². The van der Waals surface area contributed by atoms with Crippen molar-refractivity contribution in [1.29, 1.82) is 0 Å². The average molecular weight is 387 g/mol. The van der Waals surface area contributed by atoms with E-state index >= 15 is 0 Å². The van der Waals surface area contributed by atoms with Crippen molar-refractivity contribution in [3.05, 3.63) is 77.1 Å². The van der Waals surface area contributed by atoms with Crippen molar-refractivity contribution in [2.24, 2.45) is 0 Å². The Labute approximate surface area is 170 Å². The molecule has 1 aliphatic heterocycles. The van der Waals surface area contributed by atoms with E-state index in [1.165, 1.54) is 5.69 Å². The molecule has 1 unspecified atom stereocenters. The van der Waals surface area contributed by atoms with Gasteiger partial charge in [-0.1, -0.05) is 30.3 Å². The number of carbonyl (C=O) groups is 1. The van der Waals surface area contributed by atoms with Crippen LogP contribution in [-0.2, 0) is 12.8 Å². The zero-order valence-electron chi connectivity index (χ0n) is 16.7. The van der Waals surface area contributed by atoms with E-state index in [0.29, 0.717) is 5.69 Å². The number of hydrogen-bond acceptors (Lipinski definition) is 3. The van der Waals surface area contributed by atoms with E-state index in [4.69, 9.17) is 9.84 Å². The van der Waals surface area contributed by atoms with Crippen molar-refractivity contribution in [1.82, 2.24) is 14.7 Å². The summed E-state index contributed by atoms with van der Waals surface area (Å²) in [6.45, 7) is 0.772. The van der Waals surface area contributed by atoms with Gasteiger partial charge in [-0.15, -0.1) is 0 Å². The van der Waals surface area contributed by atoms with Gasteiger partial charge in [0.05, 0.1) is 18.8 Å². The first-order valence-corrected chi connectivity index (χ1v) is 10.4. The Kier molecular flexibility index (Phi) is 4.58. The van der Waals surface area contributed by atoms with Crippen LogP contribution in [0.25, 0.3) is 5.69 Å². The number of rotatable bonds is 4. The molecular weight excluding hydrogens is 362 g/mol. The molecule has 1 fully saturated rings. The molecule has 0 bridgehead atoms. The van der Waals surface area contributed by atoms with Crippen molar-refractivity contribution >= 4 is 5.91 Å². The molecule has 2 heterocycles. The maximum Gasteiger partial charge on any atom is 0.275 e. The molecule has 1 saturated heterocycles. The first kappa shape index (κ1) is 18.0. The van der Waals surface area contributed by atoms with Crippen LogP contribution in [0.4, 0.5) is 0 Å². The summed E-state index contributed by atoms with van der Waals surface area (Å²) >= 11 is 0. The third-order valence-corrected chi connectivity index (χ3v) is 6.13. The Hall–Kier alpha value is -3.08. The fourth-order valence-corrected chi connectivity index (χ4v) is 4.73. The highest BCUT2D eigenvalue weighted by atomic mass is 16.5. The summed E-state index contributed by atoms with van der Waals surface area (Å²) in [6, 6.07) is 18.3. The molecule has 3 aromatic rings. The van der Waals surface area contributed by atoms with Crippen LogP contribution in [0.1, 0.15) is 52.6 Å². The Morgan fingerprint density at radius 3 is 2.76 bits per heavy atom. The summed E-state index contributed by atoms with van der Waals surface area (Å²) < 4.78 is 7.37. The Morgan fingerprint density at radius 1 is 1.07 bits per heavy atom. The van der Waals surface area contributed by atoms with Gasteiger partial charge in [-0.2, -0.15) is 5.10 Å². The number of likely N-dealkylation sites (tertiary alicyclic amines) is 1. The SMILES string of the molecule is COc1cccc(C2CCCN2C(=O)c2nn(-c3ccccc3)c3c2CCC3)c1. The van der Waals surface area contributed by atoms with Gasteiger partial charge in [0.15, 0.2) is 5.69 Å². The van der Waals surface area contributed by atoms with Crippen molar-refractivity contribution in [2.45, 2.75) is 38.1 Å². The number of ether oxygens (including phenoxy) is 1. The summed E-state index contributed by atoms with van der Waals surface area (Å²) in [5.74, 6) is 0.888. The van der Waals surface area contributed by atoms with Crippen molar-refractivity contribution in [3.63, 3.8) is 0 Å². The molecule has 2 aliphatic rings. The molecular formula is C24H25N3O2. The molecule has 0 spiro atoms. The van der Waals surface area contributed by atoms with E-state index in [2.05, 4.69) is 18.2 Å². The van der Waals surface area contributed by atoms with Gasteiger partial charge in [-0.3, -0.25) is 4.79 Å². The minimum Gasteiger partial charge on any atom is -0.497 e. The molecule has 0 N–H and O–H groups in total. The van der Waals surface area contributed by atoms with Crippen LogP contribution in [0.3, 0.4) is 0 Å². The molecule has 5 rings (SSSR count). The van der Waals surface area contributed by atoms with Crippen LogP contribution < -0.4 is 4.74 Å². The molecule has 5 nitrogen and oxygen atoms in total. The lowest BCUT2D eigenvalue weighted by atomic mass is 10.0. The van der Waals surface area contributed by atoms with Gasteiger partial charge in [0.25, 0.3) is 5.91 Å². The molecule has 1 amide bonds. The second-order valence-corrected chi connectivity index (χ2v) is 7.81. The number of para-hydroxylation sites is 1. The molecule has 5 heteroatoms. The highest BCUT2D eigenvalue weighted by Crippen LogP contribution is 2.36. The van der Waals surface area contributed by atoms with Gasteiger partial charge < -0.3 is 9.64 Å². The first-order valence-electron chi connectivity index (χ1n) is 10.4. The lowest BCUT2D eigenvalue weighted by Crippen LogP contribution is -2.31. The smallest absolute Gasteiger partial charge is 0.275 e. The summed E-state index contributed by atoms with van der Waals surface area (Å²) in [7, 11) is 1.68. The number of carbonyl (C=O) groups excluding carboxylic acids is 1. The number of amides is 1. The molecule has 2 aromatic carbocycles. The summed E-state index contributed by atoms with van der Waals surface area (Å²) in [4.78, 5) is 15.6. The number of fused-ring (bicyclic) bond motifs is 1. The van der Waals surface area contributed by atoms with Gasteiger partial charge in [-0.25, -0.2) is 4.68 Å². The number of methoxy groups -OCH3 is 1. The topological polar surface area (TPSA) is 47.4 Å². The monoisotopic (exact) mass is 387 g/mol. The Balaban J connectivity index is 1.50. The minimum absolute atomic E-state index is 0.0585. The predicted molar refractivity (Wildman–Crippen MR) is 112 cm³/mol. The first-order chi connectivity index (χ1) is 14.3. The van der Waals surface area contributed by atoms with Crippen LogP contribution in [0.2, 0.25) is 0 Å². The Bertz CT molecular complexity index is 1040. The van der Waals surface area contributed by atoms with Crippen molar-refractivity contribution in [2.75, 3.05) is 13.7 Å².